The van der Waals surface area contributed by atoms with E-state index < -0.39 is 7.82 Å². The van der Waals surface area contributed by atoms with Crippen LogP contribution >= 0.6 is 7.82 Å². The van der Waals surface area contributed by atoms with Gasteiger partial charge >= 0.3 is 368 Å². The molecule has 0 radical (unpaired) electrons. The van der Waals surface area contributed by atoms with E-state index in [0.29, 0.717) is 0 Å². The van der Waals surface area contributed by atoms with Gasteiger partial charge in [0, 0.05) is 0 Å². The Morgan fingerprint density at radius 1 is 0.571 bits per heavy atom. The van der Waals surface area contributed by atoms with Gasteiger partial charge in [0.1, 0.15) is 0 Å². The van der Waals surface area contributed by atoms with E-state index in [4.69, 9.17) is 19.2 Å². The van der Waals surface area contributed by atoms with Gasteiger partial charge in [0.05, 0.1) is 0 Å². The van der Waals surface area contributed by atoms with Crippen molar-refractivity contribution in [1.29, 1.82) is 0 Å². The molecule has 0 amide bonds. The quantitative estimate of drug-likeness (QED) is 0.273. The molecule has 14 heavy (non-hydrogen) atoms. The Bertz CT molecular complexity index is 64.3. The van der Waals surface area contributed by atoms with E-state index in [-0.39, 0.29) is 371 Å². The molecule has 0 saturated heterocycles. The normalized spacial score (nSPS) is 4.21. The van der Waals surface area contributed by atoms with Crippen LogP contribution in [0.3, 0.4) is 0 Å². The first kappa shape index (κ1) is 63.7. The minimum atomic E-state index is -4.64. The summed E-state index contributed by atoms with van der Waals surface area (Å²) in [5.41, 5.74) is 0. The zero-order chi connectivity index (χ0) is 4.50. The van der Waals surface area contributed by atoms with Crippen LogP contribution in [0.15, 0.2) is 0 Å². The molecule has 6 nitrogen and oxygen atoms in total. The molecule has 0 fully saturated rings. The number of hydrogen-bond donors (Lipinski definition) is 3. The van der Waals surface area contributed by atoms with Crippen LogP contribution in [0.4, 0.5) is 0 Å². The summed E-state index contributed by atoms with van der Waals surface area (Å²) < 4.78 is 8.88. The van der Waals surface area contributed by atoms with Gasteiger partial charge in [0.15, 0.2) is 0 Å². The van der Waals surface area contributed by atoms with Gasteiger partial charge in [0.25, 0.3) is 0 Å². The van der Waals surface area contributed by atoms with Crippen LogP contribution in [0.1, 0.15) is 0 Å². The molecule has 48 valence electrons. The minimum absolute atomic E-state index is 0. The first-order valence-electron chi connectivity index (χ1n) is 0.783. The van der Waals surface area contributed by atoms with Crippen molar-refractivity contribution in [2.24, 2.45) is 0 Å². The Kier molecular flexibility index (Phi) is 201. The Labute approximate surface area is 382 Å². The van der Waals surface area contributed by atoms with Crippen LogP contribution in [-0.2, 0) is 15.5 Å². The molecule has 0 heterocycles. The monoisotopic (exact) mass is 403 g/mol. The van der Waals surface area contributed by atoms with Crippen molar-refractivity contribution in [3.63, 3.8) is 0 Å². The van der Waals surface area contributed by atoms with E-state index in [1.54, 1.807) is 0 Å². The molecule has 0 saturated carbocycles. The Balaban J connectivity index is -0.00000000222. The van der Waals surface area contributed by atoms with Crippen LogP contribution in [0, 0.1) is 0 Å². The van der Waals surface area contributed by atoms with Crippen LogP contribution in [0.25, 0.3) is 0 Å². The molecular weight excluding hydrogens is 401 g/mol. The molecule has 0 rings (SSSR count). The fourth-order valence-corrected chi connectivity index (χ4v) is 0. The van der Waals surface area contributed by atoms with Gasteiger partial charge in [-0.25, -0.2) is 4.57 Å². The fraction of sp³-hybridized carbons (Fsp3) is 0. The molecule has 0 spiro atoms. The van der Waals surface area contributed by atoms with E-state index in [9.17, 15) is 0 Å². The largest absolute Gasteiger partial charge is 2.00 e. The van der Waals surface area contributed by atoms with E-state index in [1.165, 1.54) is 0 Å². The maximum atomic E-state index is 8.88. The molecule has 0 aromatic carbocycles. The van der Waals surface area contributed by atoms with Gasteiger partial charge in [-0.05, 0) is 0 Å². The average Bonchev–Trinajstić information content (AvgIpc) is 0.722. The SMILES string of the molecule is O=P(O)(O)O.[K+].[K+].[K+].[K+].[K+].[K+].[K+].[O-2].[O-2]. The summed E-state index contributed by atoms with van der Waals surface area (Å²) in [5, 5.41) is 0. The molecule has 14 heteroatoms. The van der Waals surface area contributed by atoms with Crippen molar-refractivity contribution in [1.82, 2.24) is 0 Å². The van der Waals surface area contributed by atoms with Gasteiger partial charge in [-0.15, -0.1) is 0 Å². The summed E-state index contributed by atoms with van der Waals surface area (Å²) >= 11 is 0. The van der Waals surface area contributed by atoms with Crippen LogP contribution in [0.5, 0.6) is 0 Å². The van der Waals surface area contributed by atoms with Gasteiger partial charge in [0.2, 0.25) is 0 Å². The summed E-state index contributed by atoms with van der Waals surface area (Å²) in [5.74, 6) is 0. The molecule has 0 bridgehead atoms. The molecule has 0 aromatic heterocycles. The van der Waals surface area contributed by atoms with Gasteiger partial charge < -0.3 is 25.6 Å². The first-order valence-corrected chi connectivity index (χ1v) is 2.35. The van der Waals surface area contributed by atoms with Gasteiger partial charge in [-0.3, -0.25) is 0 Å². The second-order valence-electron chi connectivity index (χ2n) is 0.513. The molecule has 0 aliphatic carbocycles. The molecule has 0 aromatic rings. The van der Waals surface area contributed by atoms with Crippen LogP contribution < -0.4 is 360 Å². The molecule has 0 unspecified atom stereocenters. The second kappa shape index (κ2) is 44.2. The zero-order valence-corrected chi connectivity index (χ0v) is 32.8. The fourth-order valence-electron chi connectivity index (χ4n) is 0. The number of rotatable bonds is 0. The predicted molar refractivity (Wildman–Crippen MR) is 15.6 cm³/mol. The van der Waals surface area contributed by atoms with E-state index in [0.717, 1.165) is 0 Å². The van der Waals surface area contributed by atoms with E-state index in [1.807, 2.05) is 0 Å². The summed E-state index contributed by atoms with van der Waals surface area (Å²) in [6.07, 6.45) is 0. The smallest absolute Gasteiger partial charge is 1.00 e. The van der Waals surface area contributed by atoms with Crippen molar-refractivity contribution in [2.75, 3.05) is 0 Å². The first-order chi connectivity index (χ1) is 2.00. The third kappa shape index (κ3) is 90.0. The predicted octanol–water partition coefficient (Wildman–Crippen LogP) is -22.1. The van der Waals surface area contributed by atoms with Gasteiger partial charge in [-0.2, -0.15) is 0 Å². The van der Waals surface area contributed by atoms with Crippen LogP contribution in [-0.4, -0.2) is 14.7 Å². The van der Waals surface area contributed by atoms with E-state index >= 15 is 0 Å². The molecule has 3 N–H and O–H groups in total. The van der Waals surface area contributed by atoms with Crippen molar-refractivity contribution < 1.29 is 390 Å². The topological polar surface area (TPSA) is 135 Å². The third-order valence-electron chi connectivity index (χ3n) is 0. The summed E-state index contributed by atoms with van der Waals surface area (Å²) in [4.78, 5) is 21.6. The molecule has 0 aliphatic heterocycles. The van der Waals surface area contributed by atoms with Crippen molar-refractivity contribution in [3.05, 3.63) is 0 Å². The summed E-state index contributed by atoms with van der Waals surface area (Å²) in [7, 11) is -4.64. The zero-order valence-electron chi connectivity index (χ0n) is 10.0. The Morgan fingerprint density at radius 2 is 0.571 bits per heavy atom. The molecule has 0 aliphatic rings. The standard InChI is InChI=1S/7K.H3O4P.2O/c;;;;;;;1-5(2,3)4;;/h;;;;;;;(H3,1,2,3,4);;/q7*+1;;2*-2. The average molecular weight is 404 g/mol. The van der Waals surface area contributed by atoms with E-state index in [2.05, 4.69) is 0 Å². The molecular formula is H3K7O6P+3. The van der Waals surface area contributed by atoms with Crippen molar-refractivity contribution in [3.8, 4) is 0 Å². The Hall–Kier alpha value is 11.5. The van der Waals surface area contributed by atoms with Gasteiger partial charge in [-0.1, -0.05) is 0 Å². The third-order valence-corrected chi connectivity index (χ3v) is 0. The van der Waals surface area contributed by atoms with Crippen LogP contribution in [0.2, 0.25) is 0 Å². The number of hydrogen-bond acceptors (Lipinski definition) is 1. The number of phosphoric acid groups is 1. The summed E-state index contributed by atoms with van der Waals surface area (Å²) in [6, 6.07) is 0. The van der Waals surface area contributed by atoms with Crippen molar-refractivity contribution in [2.45, 2.75) is 0 Å². The van der Waals surface area contributed by atoms with Crippen molar-refractivity contribution >= 4 is 7.82 Å². The minimum Gasteiger partial charge on any atom is -2.00 e. The maximum absolute atomic E-state index is 8.88. The maximum Gasteiger partial charge on any atom is 1.00 e. The molecule has 0 atom stereocenters. The second-order valence-corrected chi connectivity index (χ2v) is 1.54. The summed E-state index contributed by atoms with van der Waals surface area (Å²) in [6.45, 7) is 0. The Morgan fingerprint density at radius 3 is 0.571 bits per heavy atom.